The largest absolute Gasteiger partial charge is 0.481 e. The first-order chi connectivity index (χ1) is 11.6. The summed E-state index contributed by atoms with van der Waals surface area (Å²) in [6.07, 6.45) is 3.58. The smallest absolute Gasteiger partial charge is 0.309 e. The molecule has 0 aromatic carbocycles. The Hall–Kier alpha value is -1.65. The summed E-state index contributed by atoms with van der Waals surface area (Å²) in [4.78, 5) is 37.3. The zero-order valence-electron chi connectivity index (χ0n) is 14.9. The molecule has 2 bridgehead atoms. The summed E-state index contributed by atoms with van der Waals surface area (Å²) >= 11 is 0. The number of ketones is 1. The molecule has 7 unspecified atom stereocenters. The first-order valence-electron chi connectivity index (χ1n) is 9.24. The minimum absolute atomic E-state index is 0.0481. The van der Waals surface area contributed by atoms with E-state index in [-0.39, 0.29) is 17.6 Å². The number of allylic oxidation sites excluding steroid dienone is 1. The van der Waals surface area contributed by atoms with Crippen molar-refractivity contribution in [1.29, 1.82) is 0 Å². The lowest BCUT2D eigenvalue weighted by Gasteiger charge is -2.50. The van der Waals surface area contributed by atoms with Crippen molar-refractivity contribution in [3.05, 3.63) is 12.2 Å². The standard InChI is InChI=1S/C20H26O5/c1-10-8-20-9-11(10)12(21)7-13(20)18(2)5-4-6-19(3,17(24)25)15(18)14(20)16(22)23/h11,13-15H,1,4-9H2,2-3H3,(H,22,23)(H,24,25). The fourth-order valence-corrected chi connectivity index (χ4v) is 7.61. The summed E-state index contributed by atoms with van der Waals surface area (Å²) in [5.74, 6) is -3.03. The lowest BCUT2D eigenvalue weighted by molar-refractivity contribution is -0.166. The fraction of sp³-hybridized carbons (Fsp3) is 0.750. The highest BCUT2D eigenvalue weighted by molar-refractivity contribution is 5.88. The van der Waals surface area contributed by atoms with Crippen molar-refractivity contribution in [2.45, 2.75) is 52.4 Å². The van der Waals surface area contributed by atoms with Crippen LogP contribution in [0.25, 0.3) is 0 Å². The summed E-state index contributed by atoms with van der Waals surface area (Å²) in [6, 6.07) is 0. The molecule has 0 aliphatic heterocycles. The van der Waals surface area contributed by atoms with Crippen molar-refractivity contribution in [3.63, 3.8) is 0 Å². The van der Waals surface area contributed by atoms with Gasteiger partial charge in [0.15, 0.2) is 0 Å². The minimum Gasteiger partial charge on any atom is -0.481 e. The predicted octanol–water partition coefficient (Wildman–Crippen LogP) is 3.14. The molecule has 0 aromatic rings. The topological polar surface area (TPSA) is 91.7 Å². The van der Waals surface area contributed by atoms with E-state index in [0.29, 0.717) is 25.7 Å². The van der Waals surface area contributed by atoms with Gasteiger partial charge in [0.2, 0.25) is 0 Å². The van der Waals surface area contributed by atoms with Crippen LogP contribution in [0, 0.1) is 39.9 Å². The van der Waals surface area contributed by atoms with Crippen LogP contribution in [-0.2, 0) is 14.4 Å². The van der Waals surface area contributed by atoms with Crippen molar-refractivity contribution in [2.24, 2.45) is 39.9 Å². The van der Waals surface area contributed by atoms with Gasteiger partial charge >= 0.3 is 11.9 Å². The van der Waals surface area contributed by atoms with Gasteiger partial charge in [-0.3, -0.25) is 14.4 Å². The number of Topliss-reactive ketones (excluding diaryl/α,β-unsaturated/α-hetero) is 1. The molecule has 4 saturated carbocycles. The maximum absolute atomic E-state index is 12.7. The van der Waals surface area contributed by atoms with Crippen molar-refractivity contribution in [2.75, 3.05) is 0 Å². The Bertz CT molecular complexity index is 711. The van der Waals surface area contributed by atoms with Crippen LogP contribution in [0.1, 0.15) is 52.4 Å². The van der Waals surface area contributed by atoms with Crippen LogP contribution in [0.2, 0.25) is 0 Å². The van der Waals surface area contributed by atoms with E-state index in [2.05, 4.69) is 13.5 Å². The molecule has 136 valence electrons. The van der Waals surface area contributed by atoms with Gasteiger partial charge in [-0.1, -0.05) is 25.5 Å². The third-order valence-electron chi connectivity index (χ3n) is 8.43. The van der Waals surface area contributed by atoms with Crippen LogP contribution < -0.4 is 0 Å². The van der Waals surface area contributed by atoms with E-state index in [1.807, 2.05) is 0 Å². The third-order valence-corrected chi connectivity index (χ3v) is 8.43. The molecule has 5 heteroatoms. The van der Waals surface area contributed by atoms with Crippen LogP contribution in [0.4, 0.5) is 0 Å². The van der Waals surface area contributed by atoms with Crippen LogP contribution in [-0.4, -0.2) is 27.9 Å². The minimum atomic E-state index is -1.05. The Kier molecular flexibility index (Phi) is 3.19. The zero-order valence-corrected chi connectivity index (χ0v) is 14.9. The second-order valence-corrected chi connectivity index (χ2v) is 9.42. The predicted molar refractivity (Wildman–Crippen MR) is 89.7 cm³/mol. The molecule has 7 atom stereocenters. The van der Waals surface area contributed by atoms with Gasteiger partial charge in [-0.15, -0.1) is 0 Å². The number of carbonyl (C=O) groups excluding carboxylic acids is 1. The highest BCUT2D eigenvalue weighted by atomic mass is 16.4. The number of carbonyl (C=O) groups is 3. The SMILES string of the molecule is C=C1CC23CC1C(=O)CC2C1(C)CCCC(C)(C(=O)O)C1C3C(=O)O. The van der Waals surface area contributed by atoms with Crippen molar-refractivity contribution < 1.29 is 24.6 Å². The molecule has 4 aliphatic rings. The number of carboxylic acid groups (broad SMARTS) is 2. The molecule has 2 N–H and O–H groups in total. The Morgan fingerprint density at radius 2 is 1.88 bits per heavy atom. The maximum Gasteiger partial charge on any atom is 0.309 e. The first kappa shape index (κ1) is 16.8. The summed E-state index contributed by atoms with van der Waals surface area (Å²) in [5.41, 5.74) is -1.11. The van der Waals surface area contributed by atoms with Crippen LogP contribution >= 0.6 is 0 Å². The maximum atomic E-state index is 12.7. The first-order valence-corrected chi connectivity index (χ1v) is 9.24. The second kappa shape index (κ2) is 4.74. The average molecular weight is 346 g/mol. The van der Waals surface area contributed by atoms with E-state index in [1.165, 1.54) is 0 Å². The highest BCUT2D eigenvalue weighted by Crippen LogP contribution is 2.77. The van der Waals surface area contributed by atoms with Crippen LogP contribution in [0.15, 0.2) is 12.2 Å². The molecule has 0 amide bonds. The molecule has 0 heterocycles. The van der Waals surface area contributed by atoms with Gasteiger partial charge in [0.25, 0.3) is 0 Å². The number of hydrogen-bond acceptors (Lipinski definition) is 3. The van der Waals surface area contributed by atoms with Gasteiger partial charge < -0.3 is 10.2 Å². The fourth-order valence-electron chi connectivity index (χ4n) is 7.61. The van der Waals surface area contributed by atoms with E-state index >= 15 is 0 Å². The van der Waals surface area contributed by atoms with E-state index in [1.54, 1.807) is 6.92 Å². The Labute approximate surface area is 147 Å². The Morgan fingerprint density at radius 3 is 2.48 bits per heavy atom. The molecule has 4 aliphatic carbocycles. The monoisotopic (exact) mass is 346 g/mol. The van der Waals surface area contributed by atoms with Crippen molar-refractivity contribution in [1.82, 2.24) is 0 Å². The third kappa shape index (κ3) is 1.77. The van der Waals surface area contributed by atoms with E-state index < -0.39 is 40.0 Å². The molecule has 0 radical (unpaired) electrons. The lowest BCUT2D eigenvalue weighted by atomic mass is 9.53. The summed E-state index contributed by atoms with van der Waals surface area (Å²) in [6.45, 7) is 7.86. The molecular formula is C20H26O5. The molecule has 25 heavy (non-hydrogen) atoms. The number of fused-ring (bicyclic) bond motifs is 3. The number of hydrogen-bond donors (Lipinski definition) is 2. The molecule has 4 rings (SSSR count). The molecular weight excluding hydrogens is 320 g/mol. The number of rotatable bonds is 2. The number of carboxylic acids is 2. The molecule has 5 nitrogen and oxygen atoms in total. The van der Waals surface area contributed by atoms with E-state index in [9.17, 15) is 24.6 Å². The van der Waals surface area contributed by atoms with Gasteiger partial charge in [0.05, 0.1) is 11.3 Å². The van der Waals surface area contributed by atoms with E-state index in [0.717, 1.165) is 18.4 Å². The molecule has 1 spiro atoms. The van der Waals surface area contributed by atoms with Gasteiger partial charge in [0, 0.05) is 12.3 Å². The van der Waals surface area contributed by atoms with Crippen LogP contribution in [0.3, 0.4) is 0 Å². The normalized spacial score (nSPS) is 51.1. The highest BCUT2D eigenvalue weighted by Gasteiger charge is 2.76. The van der Waals surface area contributed by atoms with E-state index in [4.69, 9.17) is 0 Å². The quantitative estimate of drug-likeness (QED) is 0.750. The molecule has 0 saturated heterocycles. The van der Waals surface area contributed by atoms with Crippen molar-refractivity contribution in [3.8, 4) is 0 Å². The Balaban J connectivity index is 1.95. The van der Waals surface area contributed by atoms with Crippen LogP contribution in [0.5, 0.6) is 0 Å². The molecule has 4 fully saturated rings. The summed E-state index contributed by atoms with van der Waals surface area (Å²) < 4.78 is 0. The van der Waals surface area contributed by atoms with Gasteiger partial charge in [-0.25, -0.2) is 0 Å². The van der Waals surface area contributed by atoms with Gasteiger partial charge in [-0.05, 0) is 55.3 Å². The van der Waals surface area contributed by atoms with Gasteiger partial charge in [0.1, 0.15) is 5.78 Å². The van der Waals surface area contributed by atoms with Crippen molar-refractivity contribution >= 4 is 17.7 Å². The zero-order chi connectivity index (χ0) is 18.4. The summed E-state index contributed by atoms with van der Waals surface area (Å²) in [7, 11) is 0. The Morgan fingerprint density at radius 1 is 1.20 bits per heavy atom. The van der Waals surface area contributed by atoms with Gasteiger partial charge in [-0.2, -0.15) is 0 Å². The molecule has 0 aromatic heterocycles. The lowest BCUT2D eigenvalue weighted by Crippen LogP contribution is -2.50. The number of aliphatic carboxylic acids is 2. The second-order valence-electron chi connectivity index (χ2n) is 9.42. The summed E-state index contributed by atoms with van der Waals surface area (Å²) in [5, 5.41) is 20.2. The average Bonchev–Trinajstić information content (AvgIpc) is 2.92.